The molecule has 0 unspecified atom stereocenters. The molecule has 0 saturated heterocycles. The Morgan fingerprint density at radius 2 is 1.67 bits per heavy atom. The van der Waals surface area contributed by atoms with Crippen LogP contribution < -0.4 is 10.2 Å². The lowest BCUT2D eigenvalue weighted by atomic mass is 10.0. The summed E-state index contributed by atoms with van der Waals surface area (Å²) in [6, 6.07) is 23.0. The second kappa shape index (κ2) is 7.85. The van der Waals surface area contributed by atoms with E-state index in [0.717, 1.165) is 17.7 Å². The number of carbonyl (C=O) groups is 1. The number of nitrogens with zero attached hydrogens (tertiary/aromatic N) is 1. The van der Waals surface area contributed by atoms with E-state index in [0.29, 0.717) is 28.3 Å². The first kappa shape index (κ1) is 20.9. The number of alkyl halides is 3. The second-order valence-corrected chi connectivity index (χ2v) is 7.83. The molecule has 0 fully saturated rings. The van der Waals surface area contributed by atoms with Gasteiger partial charge in [0.2, 0.25) is 0 Å². The van der Waals surface area contributed by atoms with Crippen molar-refractivity contribution < 1.29 is 22.4 Å². The summed E-state index contributed by atoms with van der Waals surface area (Å²) in [6.07, 6.45) is -5.12. The molecule has 1 amide bonds. The van der Waals surface area contributed by atoms with Gasteiger partial charge in [-0.15, -0.1) is 0 Å². The van der Waals surface area contributed by atoms with Crippen LogP contribution in [0.3, 0.4) is 0 Å². The summed E-state index contributed by atoms with van der Waals surface area (Å²) in [5.41, 5.74) is 2.37. The molecule has 3 aromatic carbocycles. The average molecular weight is 448 g/mol. The van der Waals surface area contributed by atoms with E-state index in [9.17, 15) is 18.0 Å². The van der Waals surface area contributed by atoms with Gasteiger partial charge in [0.05, 0.1) is 11.1 Å². The molecule has 0 aliphatic carbocycles. The maximum atomic E-state index is 13.5. The summed E-state index contributed by atoms with van der Waals surface area (Å²) in [6.45, 7) is 1.91. The van der Waals surface area contributed by atoms with Crippen molar-refractivity contribution in [3.05, 3.63) is 107 Å². The number of rotatable bonds is 3. The highest BCUT2D eigenvalue weighted by molar-refractivity contribution is 6.12. The van der Waals surface area contributed by atoms with Crippen molar-refractivity contribution in [3.8, 4) is 11.3 Å². The number of aryl methyl sites for hydroxylation is 1. The third-order valence-electron chi connectivity index (χ3n) is 5.67. The van der Waals surface area contributed by atoms with Gasteiger partial charge in [0, 0.05) is 16.9 Å². The number of carbonyl (C=O) groups excluding carboxylic acids is 1. The highest BCUT2D eigenvalue weighted by atomic mass is 19.4. The molecule has 1 aliphatic heterocycles. The molecule has 5 rings (SSSR count). The molecule has 7 heteroatoms. The number of para-hydroxylation sites is 2. The van der Waals surface area contributed by atoms with Crippen molar-refractivity contribution in [3.63, 3.8) is 0 Å². The Morgan fingerprint density at radius 1 is 0.909 bits per heavy atom. The number of fused-ring (bicyclic) bond motifs is 1. The maximum Gasteiger partial charge on any atom is 0.416 e. The number of hydrogen-bond acceptors (Lipinski definition) is 3. The average Bonchev–Trinajstić information content (AvgIpc) is 3.30. The summed E-state index contributed by atoms with van der Waals surface area (Å²) < 4.78 is 45.5. The van der Waals surface area contributed by atoms with Crippen molar-refractivity contribution in [2.45, 2.75) is 19.3 Å². The molecule has 4 aromatic rings. The van der Waals surface area contributed by atoms with Crippen LogP contribution in [-0.4, -0.2) is 5.91 Å². The number of benzene rings is 3. The Bertz CT molecular complexity index is 1340. The Balaban J connectivity index is 1.59. The summed E-state index contributed by atoms with van der Waals surface area (Å²) in [5, 5.41) is 3.35. The number of furan rings is 1. The summed E-state index contributed by atoms with van der Waals surface area (Å²) in [4.78, 5) is 15.1. The lowest BCUT2D eigenvalue weighted by molar-refractivity contribution is -0.137. The standard InChI is InChI=1S/C26H19F3N2O2/c1-16-7-2-5-12-21(16)31-24(30-20-11-4-3-10-19(20)25(31)32)23-14-13-22(33-23)17-8-6-9-18(15-17)26(27,28)29/h2-15,24,30H,1H3/t24-/m1/s1. The van der Waals surface area contributed by atoms with Gasteiger partial charge in [0.15, 0.2) is 6.17 Å². The van der Waals surface area contributed by atoms with Gasteiger partial charge >= 0.3 is 6.18 Å². The second-order valence-electron chi connectivity index (χ2n) is 7.83. The minimum Gasteiger partial charge on any atom is -0.457 e. The molecule has 0 spiro atoms. The first-order valence-corrected chi connectivity index (χ1v) is 10.3. The minimum atomic E-state index is -4.45. The molecular formula is C26H19F3N2O2. The monoisotopic (exact) mass is 448 g/mol. The van der Waals surface area contributed by atoms with Gasteiger partial charge < -0.3 is 9.73 Å². The number of halogens is 3. The van der Waals surface area contributed by atoms with E-state index in [1.807, 2.05) is 43.3 Å². The predicted octanol–water partition coefficient (Wildman–Crippen LogP) is 7.04. The van der Waals surface area contributed by atoms with Gasteiger partial charge in [0.25, 0.3) is 5.91 Å². The normalized spacial score (nSPS) is 15.8. The van der Waals surface area contributed by atoms with E-state index in [-0.39, 0.29) is 11.7 Å². The van der Waals surface area contributed by atoms with Gasteiger partial charge in [-0.3, -0.25) is 9.69 Å². The quantitative estimate of drug-likeness (QED) is 0.365. The zero-order chi connectivity index (χ0) is 23.2. The number of hydrogen-bond donors (Lipinski definition) is 1. The fourth-order valence-corrected chi connectivity index (χ4v) is 4.04. The van der Waals surface area contributed by atoms with Crippen LogP contribution in [0.1, 0.15) is 33.4 Å². The Hall–Kier alpha value is -4.00. The molecule has 4 nitrogen and oxygen atoms in total. The molecule has 0 saturated carbocycles. The first-order valence-electron chi connectivity index (χ1n) is 10.3. The SMILES string of the molecule is Cc1ccccc1N1C(=O)c2ccccc2N[C@H]1c1ccc(-c2cccc(C(F)(F)F)c2)o1. The van der Waals surface area contributed by atoms with Crippen LogP contribution in [0.5, 0.6) is 0 Å². The van der Waals surface area contributed by atoms with Crippen LogP contribution in [0.15, 0.2) is 89.3 Å². The number of anilines is 2. The summed E-state index contributed by atoms with van der Waals surface area (Å²) >= 11 is 0. The molecule has 0 bridgehead atoms. The van der Waals surface area contributed by atoms with E-state index < -0.39 is 17.9 Å². The highest BCUT2D eigenvalue weighted by Crippen LogP contribution is 2.40. The Kier molecular flexibility index (Phi) is 4.96. The molecule has 0 radical (unpaired) electrons. The fourth-order valence-electron chi connectivity index (χ4n) is 4.04. The van der Waals surface area contributed by atoms with Crippen LogP contribution in [-0.2, 0) is 6.18 Å². The molecule has 2 heterocycles. The smallest absolute Gasteiger partial charge is 0.416 e. The molecule has 1 atom stereocenters. The van der Waals surface area contributed by atoms with Crippen molar-refractivity contribution in [2.75, 3.05) is 10.2 Å². The van der Waals surface area contributed by atoms with E-state index in [4.69, 9.17) is 4.42 Å². The molecule has 1 aromatic heterocycles. The van der Waals surface area contributed by atoms with Gasteiger partial charge in [-0.2, -0.15) is 13.2 Å². The van der Waals surface area contributed by atoms with E-state index in [2.05, 4.69) is 5.32 Å². The number of amides is 1. The van der Waals surface area contributed by atoms with Gasteiger partial charge in [-0.05, 0) is 55.0 Å². The van der Waals surface area contributed by atoms with Gasteiger partial charge in [0.1, 0.15) is 11.5 Å². The van der Waals surface area contributed by atoms with E-state index >= 15 is 0 Å². The topological polar surface area (TPSA) is 45.5 Å². The van der Waals surface area contributed by atoms with Gasteiger partial charge in [-0.25, -0.2) is 0 Å². The number of nitrogens with one attached hydrogen (secondary N) is 1. The molecule has 33 heavy (non-hydrogen) atoms. The molecule has 1 aliphatic rings. The lowest BCUT2D eigenvalue weighted by Gasteiger charge is -2.37. The Labute approximate surface area is 188 Å². The van der Waals surface area contributed by atoms with Crippen LogP contribution >= 0.6 is 0 Å². The predicted molar refractivity (Wildman–Crippen MR) is 120 cm³/mol. The minimum absolute atomic E-state index is 0.194. The van der Waals surface area contributed by atoms with Crippen molar-refractivity contribution in [1.82, 2.24) is 0 Å². The lowest BCUT2D eigenvalue weighted by Crippen LogP contribution is -2.43. The zero-order valence-corrected chi connectivity index (χ0v) is 17.6. The largest absolute Gasteiger partial charge is 0.457 e. The van der Waals surface area contributed by atoms with Crippen molar-refractivity contribution in [2.24, 2.45) is 0 Å². The summed E-state index contributed by atoms with van der Waals surface area (Å²) in [7, 11) is 0. The molecule has 166 valence electrons. The third kappa shape index (κ3) is 3.75. The first-order chi connectivity index (χ1) is 15.8. The van der Waals surface area contributed by atoms with Crippen LogP contribution in [0, 0.1) is 6.92 Å². The summed E-state index contributed by atoms with van der Waals surface area (Å²) in [5.74, 6) is 0.503. The van der Waals surface area contributed by atoms with Crippen molar-refractivity contribution >= 4 is 17.3 Å². The van der Waals surface area contributed by atoms with Crippen LogP contribution in [0.4, 0.5) is 24.5 Å². The van der Waals surface area contributed by atoms with Crippen LogP contribution in [0.2, 0.25) is 0 Å². The fraction of sp³-hybridized carbons (Fsp3) is 0.115. The maximum absolute atomic E-state index is 13.5. The van der Waals surface area contributed by atoms with Crippen molar-refractivity contribution in [1.29, 1.82) is 0 Å². The van der Waals surface area contributed by atoms with E-state index in [1.54, 1.807) is 35.2 Å². The molecular weight excluding hydrogens is 429 g/mol. The zero-order valence-electron chi connectivity index (χ0n) is 17.6. The van der Waals surface area contributed by atoms with Gasteiger partial charge in [-0.1, -0.05) is 42.5 Å². The highest BCUT2D eigenvalue weighted by Gasteiger charge is 2.36. The van der Waals surface area contributed by atoms with E-state index in [1.165, 1.54) is 6.07 Å². The van der Waals surface area contributed by atoms with Crippen LogP contribution in [0.25, 0.3) is 11.3 Å². The molecule has 1 N–H and O–H groups in total. The third-order valence-corrected chi connectivity index (χ3v) is 5.67. The Morgan fingerprint density at radius 3 is 2.45 bits per heavy atom.